The zero-order valence-electron chi connectivity index (χ0n) is 18.6. The highest BCUT2D eigenvalue weighted by Crippen LogP contribution is 2.38. The first kappa shape index (κ1) is 22.7. The fraction of sp³-hybridized carbons (Fsp3) is 0.440. The number of unbranched alkanes of at least 4 members (excludes halogenated alkanes) is 1. The van der Waals surface area contributed by atoms with Gasteiger partial charge in [-0.05, 0) is 36.6 Å². The molecule has 6 nitrogen and oxygen atoms in total. The topological polar surface area (TPSA) is 67.9 Å². The molecule has 0 radical (unpaired) electrons. The Labute approximate surface area is 184 Å². The number of likely N-dealkylation sites (tertiary alicyclic amines) is 1. The number of hydrogen-bond donors (Lipinski definition) is 1. The second-order valence-electron chi connectivity index (χ2n) is 7.83. The molecule has 2 amide bonds. The van der Waals surface area contributed by atoms with E-state index in [0.717, 1.165) is 35.5 Å². The van der Waals surface area contributed by atoms with E-state index in [2.05, 4.69) is 12.2 Å². The van der Waals surface area contributed by atoms with Gasteiger partial charge in [-0.15, -0.1) is 0 Å². The molecule has 166 valence electrons. The van der Waals surface area contributed by atoms with E-state index < -0.39 is 0 Å². The van der Waals surface area contributed by atoms with E-state index in [9.17, 15) is 9.59 Å². The summed E-state index contributed by atoms with van der Waals surface area (Å²) in [6, 6.07) is 15.1. The van der Waals surface area contributed by atoms with Crippen molar-refractivity contribution in [3.63, 3.8) is 0 Å². The van der Waals surface area contributed by atoms with Crippen LogP contribution in [-0.2, 0) is 16.1 Å². The second kappa shape index (κ2) is 10.8. The van der Waals surface area contributed by atoms with E-state index in [-0.39, 0.29) is 23.8 Å². The lowest BCUT2D eigenvalue weighted by molar-refractivity contribution is -0.143. The number of carbonyl (C=O) groups excluding carboxylic acids is 2. The molecule has 0 saturated carbocycles. The Morgan fingerprint density at radius 2 is 1.84 bits per heavy atom. The number of methoxy groups -OCH3 is 2. The summed E-state index contributed by atoms with van der Waals surface area (Å²) < 4.78 is 10.7. The molecule has 1 fully saturated rings. The number of piperidine rings is 1. The van der Waals surface area contributed by atoms with Crippen LogP contribution in [0.15, 0.2) is 48.5 Å². The van der Waals surface area contributed by atoms with Crippen molar-refractivity contribution < 1.29 is 19.1 Å². The van der Waals surface area contributed by atoms with Crippen LogP contribution in [0.2, 0.25) is 0 Å². The summed E-state index contributed by atoms with van der Waals surface area (Å²) in [5.74, 6) is 1.27. The molecule has 2 atom stereocenters. The molecule has 1 aliphatic rings. The van der Waals surface area contributed by atoms with Gasteiger partial charge in [-0.25, -0.2) is 0 Å². The van der Waals surface area contributed by atoms with Gasteiger partial charge in [0.1, 0.15) is 11.5 Å². The average molecular weight is 425 g/mol. The Morgan fingerprint density at radius 3 is 2.52 bits per heavy atom. The van der Waals surface area contributed by atoms with E-state index in [1.54, 1.807) is 14.2 Å². The number of rotatable bonds is 9. The van der Waals surface area contributed by atoms with Gasteiger partial charge in [-0.2, -0.15) is 0 Å². The largest absolute Gasteiger partial charge is 0.497 e. The minimum absolute atomic E-state index is 0.0410. The first-order valence-corrected chi connectivity index (χ1v) is 10.9. The van der Waals surface area contributed by atoms with Crippen LogP contribution in [0.3, 0.4) is 0 Å². The first-order chi connectivity index (χ1) is 15.1. The van der Waals surface area contributed by atoms with E-state index in [4.69, 9.17) is 9.47 Å². The number of benzene rings is 2. The Balaban J connectivity index is 1.83. The zero-order chi connectivity index (χ0) is 22.2. The van der Waals surface area contributed by atoms with Crippen molar-refractivity contribution in [1.29, 1.82) is 0 Å². The number of hydrogen-bond acceptors (Lipinski definition) is 4. The van der Waals surface area contributed by atoms with E-state index >= 15 is 0 Å². The molecule has 2 aromatic carbocycles. The molecule has 1 N–H and O–H groups in total. The SMILES string of the molecule is CCCCN1C(=O)CC[C@@H](C(=O)NCc2ccccc2OC)[C@H]1c1ccc(OC)cc1. The molecule has 1 saturated heterocycles. The lowest BCUT2D eigenvalue weighted by atomic mass is 9.83. The number of para-hydroxylation sites is 1. The summed E-state index contributed by atoms with van der Waals surface area (Å²) in [4.78, 5) is 28.0. The highest BCUT2D eigenvalue weighted by Gasteiger charge is 2.40. The highest BCUT2D eigenvalue weighted by molar-refractivity contribution is 5.85. The normalized spacial score (nSPS) is 18.5. The van der Waals surface area contributed by atoms with Gasteiger partial charge in [0.15, 0.2) is 0 Å². The minimum atomic E-state index is -0.308. The predicted molar refractivity (Wildman–Crippen MR) is 120 cm³/mol. The number of nitrogens with one attached hydrogen (secondary N) is 1. The summed E-state index contributed by atoms with van der Waals surface area (Å²) in [6.07, 6.45) is 2.83. The second-order valence-corrected chi connectivity index (χ2v) is 7.83. The maximum atomic E-state index is 13.3. The third kappa shape index (κ3) is 5.37. The minimum Gasteiger partial charge on any atom is -0.497 e. The Kier molecular flexibility index (Phi) is 7.93. The number of carbonyl (C=O) groups is 2. The monoisotopic (exact) mass is 424 g/mol. The Morgan fingerprint density at radius 1 is 1.10 bits per heavy atom. The first-order valence-electron chi connectivity index (χ1n) is 10.9. The maximum Gasteiger partial charge on any atom is 0.225 e. The number of amides is 2. The molecule has 1 heterocycles. The van der Waals surface area contributed by atoms with Crippen LogP contribution in [0.5, 0.6) is 11.5 Å². The highest BCUT2D eigenvalue weighted by atomic mass is 16.5. The van der Waals surface area contributed by atoms with Crippen molar-refractivity contribution in [3.8, 4) is 11.5 Å². The summed E-state index contributed by atoms with van der Waals surface area (Å²) in [7, 11) is 3.25. The number of ether oxygens (including phenoxy) is 2. The number of nitrogens with zero attached hydrogens (tertiary/aromatic N) is 1. The fourth-order valence-electron chi connectivity index (χ4n) is 4.20. The lowest BCUT2D eigenvalue weighted by Crippen LogP contribution is -2.48. The van der Waals surface area contributed by atoms with Crippen LogP contribution in [0.1, 0.15) is 49.8 Å². The van der Waals surface area contributed by atoms with Gasteiger partial charge < -0.3 is 19.7 Å². The molecular formula is C25H32N2O4. The van der Waals surface area contributed by atoms with Crippen molar-refractivity contribution in [2.75, 3.05) is 20.8 Å². The van der Waals surface area contributed by atoms with Crippen molar-refractivity contribution in [1.82, 2.24) is 10.2 Å². The summed E-state index contributed by atoms with van der Waals surface area (Å²) in [5.41, 5.74) is 1.89. The molecule has 31 heavy (non-hydrogen) atoms. The smallest absolute Gasteiger partial charge is 0.225 e. The molecule has 0 spiro atoms. The molecule has 6 heteroatoms. The molecule has 3 rings (SSSR count). The van der Waals surface area contributed by atoms with Gasteiger partial charge in [0.25, 0.3) is 0 Å². The fourth-order valence-corrected chi connectivity index (χ4v) is 4.20. The van der Waals surface area contributed by atoms with Gasteiger partial charge in [0.2, 0.25) is 11.8 Å². The summed E-state index contributed by atoms with van der Waals surface area (Å²) >= 11 is 0. The van der Waals surface area contributed by atoms with Crippen molar-refractivity contribution in [3.05, 3.63) is 59.7 Å². The lowest BCUT2D eigenvalue weighted by Gasteiger charge is -2.41. The van der Waals surface area contributed by atoms with Crippen LogP contribution < -0.4 is 14.8 Å². The summed E-state index contributed by atoms with van der Waals surface area (Å²) in [6.45, 7) is 3.15. The molecule has 2 aromatic rings. The van der Waals surface area contributed by atoms with Crippen molar-refractivity contribution >= 4 is 11.8 Å². The van der Waals surface area contributed by atoms with E-state index in [1.165, 1.54) is 0 Å². The van der Waals surface area contributed by atoms with Crippen molar-refractivity contribution in [2.45, 2.75) is 45.2 Å². The third-order valence-corrected chi connectivity index (χ3v) is 5.90. The van der Waals surface area contributed by atoms with Gasteiger partial charge in [0.05, 0.1) is 26.2 Å². The van der Waals surface area contributed by atoms with Crippen LogP contribution in [0, 0.1) is 5.92 Å². The molecule has 1 aliphatic heterocycles. The maximum absolute atomic E-state index is 13.3. The van der Waals surface area contributed by atoms with E-state index in [1.807, 2.05) is 53.4 Å². The molecule has 0 unspecified atom stereocenters. The molecular weight excluding hydrogens is 392 g/mol. The van der Waals surface area contributed by atoms with Gasteiger partial charge in [-0.1, -0.05) is 43.7 Å². The van der Waals surface area contributed by atoms with Crippen LogP contribution in [-0.4, -0.2) is 37.5 Å². The molecule has 0 aliphatic carbocycles. The standard InChI is InChI=1S/C25H32N2O4/c1-4-5-16-27-23(28)15-14-21(24(27)18-10-12-20(30-2)13-11-18)25(29)26-17-19-8-6-7-9-22(19)31-3/h6-13,21,24H,4-5,14-17H2,1-3H3,(H,26,29)/t21-,24-/m1/s1. The van der Waals surface area contributed by atoms with Crippen LogP contribution in [0.25, 0.3) is 0 Å². The van der Waals surface area contributed by atoms with Crippen LogP contribution in [0.4, 0.5) is 0 Å². The molecule has 0 aromatic heterocycles. The third-order valence-electron chi connectivity index (χ3n) is 5.90. The molecule has 0 bridgehead atoms. The Bertz CT molecular complexity index is 881. The average Bonchev–Trinajstić information content (AvgIpc) is 2.81. The predicted octanol–water partition coefficient (Wildman–Crippen LogP) is 4.10. The Hall–Kier alpha value is -3.02. The zero-order valence-corrected chi connectivity index (χ0v) is 18.6. The van der Waals surface area contributed by atoms with Gasteiger partial charge >= 0.3 is 0 Å². The van der Waals surface area contributed by atoms with Crippen molar-refractivity contribution in [2.24, 2.45) is 5.92 Å². The summed E-state index contributed by atoms with van der Waals surface area (Å²) in [5, 5.41) is 3.08. The van der Waals surface area contributed by atoms with Gasteiger partial charge in [-0.3, -0.25) is 9.59 Å². The van der Waals surface area contributed by atoms with E-state index in [0.29, 0.717) is 25.9 Å². The van der Waals surface area contributed by atoms with Crippen LogP contribution >= 0.6 is 0 Å². The van der Waals surface area contributed by atoms with Gasteiger partial charge in [0, 0.05) is 25.1 Å². The quantitative estimate of drug-likeness (QED) is 0.658.